The fourth-order valence-electron chi connectivity index (χ4n) is 2.33. The van der Waals surface area contributed by atoms with E-state index in [4.69, 9.17) is 17.3 Å². The summed E-state index contributed by atoms with van der Waals surface area (Å²) in [5.74, 6) is 0. The molecule has 1 fully saturated rings. The molecule has 0 amide bonds. The molecule has 0 spiro atoms. The van der Waals surface area contributed by atoms with Crippen LogP contribution < -0.4 is 10.6 Å². The number of nitrogens with two attached hydrogens (primary N) is 1. The van der Waals surface area contributed by atoms with Crippen molar-refractivity contribution in [2.75, 3.05) is 17.2 Å². The molecule has 15 heavy (non-hydrogen) atoms. The van der Waals surface area contributed by atoms with E-state index in [1.165, 1.54) is 12.8 Å². The van der Waals surface area contributed by atoms with Gasteiger partial charge in [0.2, 0.25) is 0 Å². The minimum atomic E-state index is 0.210. The molecule has 0 aromatic heterocycles. The summed E-state index contributed by atoms with van der Waals surface area (Å²) in [4.78, 5) is 2.37. The Hall–Kier alpha value is -0.890. The lowest BCUT2D eigenvalue weighted by molar-refractivity contribution is 0.518. The molecule has 0 bridgehead atoms. The molecule has 0 aliphatic carbocycles. The first-order valence-corrected chi connectivity index (χ1v) is 5.71. The van der Waals surface area contributed by atoms with Gasteiger partial charge in [-0.1, -0.05) is 11.6 Å². The van der Waals surface area contributed by atoms with Crippen molar-refractivity contribution in [3.8, 4) is 0 Å². The van der Waals surface area contributed by atoms with Crippen molar-refractivity contribution in [3.05, 3.63) is 23.2 Å². The van der Waals surface area contributed by atoms with Gasteiger partial charge in [0.15, 0.2) is 0 Å². The van der Waals surface area contributed by atoms with E-state index in [1.807, 2.05) is 18.2 Å². The predicted octanol–water partition coefficient (Wildman–Crippen LogP) is 3.30. The molecule has 1 aliphatic rings. The highest BCUT2D eigenvalue weighted by Crippen LogP contribution is 2.37. The van der Waals surface area contributed by atoms with E-state index in [0.29, 0.717) is 5.02 Å². The molecule has 2 rings (SSSR count). The van der Waals surface area contributed by atoms with E-state index in [-0.39, 0.29) is 5.54 Å². The van der Waals surface area contributed by atoms with Crippen LogP contribution in [0.15, 0.2) is 18.2 Å². The van der Waals surface area contributed by atoms with Crippen molar-refractivity contribution < 1.29 is 0 Å². The number of hydrogen-bond donors (Lipinski definition) is 1. The number of nitrogen functional groups attached to an aromatic ring is 1. The molecule has 0 radical (unpaired) electrons. The van der Waals surface area contributed by atoms with Gasteiger partial charge >= 0.3 is 0 Å². The van der Waals surface area contributed by atoms with Crippen molar-refractivity contribution in [1.82, 2.24) is 0 Å². The Morgan fingerprint density at radius 1 is 1.40 bits per heavy atom. The molecule has 0 saturated carbocycles. The second-order valence-electron chi connectivity index (χ2n) is 4.77. The Morgan fingerprint density at radius 3 is 2.67 bits per heavy atom. The predicted molar refractivity (Wildman–Crippen MR) is 66.5 cm³/mol. The lowest BCUT2D eigenvalue weighted by Gasteiger charge is -2.34. The monoisotopic (exact) mass is 224 g/mol. The van der Waals surface area contributed by atoms with Crippen LogP contribution in [0.4, 0.5) is 11.4 Å². The van der Waals surface area contributed by atoms with E-state index in [0.717, 1.165) is 17.9 Å². The van der Waals surface area contributed by atoms with Gasteiger partial charge in [-0.2, -0.15) is 0 Å². The third-order valence-electron chi connectivity index (χ3n) is 3.18. The average Bonchev–Trinajstić information content (AvgIpc) is 2.46. The highest BCUT2D eigenvalue weighted by molar-refractivity contribution is 6.31. The number of hydrogen-bond acceptors (Lipinski definition) is 2. The summed E-state index contributed by atoms with van der Waals surface area (Å²) in [6.07, 6.45) is 2.45. The Kier molecular flexibility index (Phi) is 2.55. The van der Waals surface area contributed by atoms with Gasteiger partial charge in [-0.05, 0) is 44.9 Å². The fourth-order valence-corrected chi connectivity index (χ4v) is 2.51. The summed E-state index contributed by atoms with van der Waals surface area (Å²) in [7, 11) is 0. The summed E-state index contributed by atoms with van der Waals surface area (Å²) in [6, 6.07) is 5.75. The highest BCUT2D eigenvalue weighted by Gasteiger charge is 2.32. The molecule has 0 unspecified atom stereocenters. The molecular formula is C12H17ClN2. The standard InChI is InChI=1S/C12H17ClN2/c1-12(2)6-3-7-15(12)11-5-4-9(13)8-10(11)14/h4-5,8H,3,6-7,14H2,1-2H3. The topological polar surface area (TPSA) is 29.3 Å². The lowest BCUT2D eigenvalue weighted by Crippen LogP contribution is -2.38. The molecule has 3 heteroatoms. The van der Waals surface area contributed by atoms with Crippen LogP contribution in [0.3, 0.4) is 0 Å². The van der Waals surface area contributed by atoms with Crippen LogP contribution in [0.5, 0.6) is 0 Å². The zero-order chi connectivity index (χ0) is 11.1. The first-order valence-electron chi connectivity index (χ1n) is 5.33. The van der Waals surface area contributed by atoms with Crippen LogP contribution >= 0.6 is 11.6 Å². The summed E-state index contributed by atoms with van der Waals surface area (Å²) in [5.41, 5.74) is 8.09. The summed E-state index contributed by atoms with van der Waals surface area (Å²) < 4.78 is 0. The molecule has 1 aromatic rings. The van der Waals surface area contributed by atoms with Crippen molar-refractivity contribution in [2.24, 2.45) is 0 Å². The van der Waals surface area contributed by atoms with Crippen LogP contribution in [-0.4, -0.2) is 12.1 Å². The highest BCUT2D eigenvalue weighted by atomic mass is 35.5. The Morgan fingerprint density at radius 2 is 2.13 bits per heavy atom. The molecule has 1 aliphatic heterocycles. The van der Waals surface area contributed by atoms with Crippen LogP contribution in [0.1, 0.15) is 26.7 Å². The van der Waals surface area contributed by atoms with Crippen molar-refractivity contribution in [1.29, 1.82) is 0 Å². The van der Waals surface area contributed by atoms with Gasteiger partial charge in [-0.3, -0.25) is 0 Å². The van der Waals surface area contributed by atoms with Crippen LogP contribution in [0.2, 0.25) is 5.02 Å². The molecule has 1 saturated heterocycles. The van der Waals surface area contributed by atoms with Gasteiger partial charge in [0.25, 0.3) is 0 Å². The van der Waals surface area contributed by atoms with Crippen LogP contribution in [-0.2, 0) is 0 Å². The molecule has 82 valence electrons. The summed E-state index contributed by atoms with van der Waals surface area (Å²) in [5, 5.41) is 0.702. The molecule has 0 atom stereocenters. The van der Waals surface area contributed by atoms with Gasteiger partial charge in [0.1, 0.15) is 0 Å². The summed E-state index contributed by atoms with van der Waals surface area (Å²) >= 11 is 5.90. The Labute approximate surface area is 96.0 Å². The average molecular weight is 225 g/mol. The van der Waals surface area contributed by atoms with Crippen molar-refractivity contribution >= 4 is 23.0 Å². The second kappa shape index (κ2) is 3.60. The quantitative estimate of drug-likeness (QED) is 0.742. The lowest BCUT2D eigenvalue weighted by atomic mass is 10.0. The first-order chi connectivity index (χ1) is 7.00. The third kappa shape index (κ3) is 1.91. The maximum absolute atomic E-state index is 6.00. The molecule has 1 heterocycles. The van der Waals surface area contributed by atoms with E-state index >= 15 is 0 Å². The third-order valence-corrected chi connectivity index (χ3v) is 3.42. The van der Waals surface area contributed by atoms with E-state index < -0.39 is 0 Å². The number of benzene rings is 1. The van der Waals surface area contributed by atoms with Crippen LogP contribution in [0, 0.1) is 0 Å². The number of nitrogens with zero attached hydrogens (tertiary/aromatic N) is 1. The summed E-state index contributed by atoms with van der Waals surface area (Å²) in [6.45, 7) is 5.60. The fraction of sp³-hybridized carbons (Fsp3) is 0.500. The molecular weight excluding hydrogens is 208 g/mol. The second-order valence-corrected chi connectivity index (χ2v) is 5.21. The van der Waals surface area contributed by atoms with E-state index in [1.54, 1.807) is 0 Å². The maximum atomic E-state index is 6.00. The number of halogens is 1. The number of rotatable bonds is 1. The van der Waals surface area contributed by atoms with Gasteiger partial charge in [-0.15, -0.1) is 0 Å². The first kappa shape index (κ1) is 10.6. The van der Waals surface area contributed by atoms with Crippen LogP contribution in [0.25, 0.3) is 0 Å². The SMILES string of the molecule is CC1(C)CCCN1c1ccc(Cl)cc1N. The zero-order valence-corrected chi connectivity index (χ0v) is 10.0. The van der Waals surface area contributed by atoms with E-state index in [2.05, 4.69) is 18.7 Å². The smallest absolute Gasteiger partial charge is 0.0605 e. The van der Waals surface area contributed by atoms with Gasteiger partial charge < -0.3 is 10.6 Å². The molecule has 2 N–H and O–H groups in total. The molecule has 1 aromatic carbocycles. The zero-order valence-electron chi connectivity index (χ0n) is 9.26. The minimum Gasteiger partial charge on any atom is -0.397 e. The van der Waals surface area contributed by atoms with Gasteiger partial charge in [0, 0.05) is 17.1 Å². The van der Waals surface area contributed by atoms with Gasteiger partial charge in [0.05, 0.1) is 11.4 Å². The van der Waals surface area contributed by atoms with Crippen molar-refractivity contribution in [2.45, 2.75) is 32.2 Å². The van der Waals surface area contributed by atoms with E-state index in [9.17, 15) is 0 Å². The Bertz CT molecular complexity index is 374. The number of anilines is 2. The largest absolute Gasteiger partial charge is 0.397 e. The maximum Gasteiger partial charge on any atom is 0.0605 e. The van der Waals surface area contributed by atoms with Crippen molar-refractivity contribution in [3.63, 3.8) is 0 Å². The Balaban J connectivity index is 2.37. The van der Waals surface area contributed by atoms with Gasteiger partial charge in [-0.25, -0.2) is 0 Å². The minimum absolute atomic E-state index is 0.210. The molecule has 2 nitrogen and oxygen atoms in total. The normalized spacial score (nSPS) is 19.5.